The minimum absolute atomic E-state index is 0.328. The molecule has 0 aromatic heterocycles. The largest absolute Gasteiger partial charge is 0.390 e. The molecule has 3 aliphatic rings. The summed E-state index contributed by atoms with van der Waals surface area (Å²) in [6.07, 6.45) is 16.2. The molecule has 2 nitrogen and oxygen atoms in total. The highest BCUT2D eigenvalue weighted by atomic mass is 16.3. The maximum atomic E-state index is 10.4. The first-order valence-corrected chi connectivity index (χ1v) is 12.5. The van der Waals surface area contributed by atoms with Gasteiger partial charge in [0, 0.05) is 0 Å². The van der Waals surface area contributed by atoms with Gasteiger partial charge in [0.15, 0.2) is 0 Å². The van der Waals surface area contributed by atoms with Crippen molar-refractivity contribution in [1.82, 2.24) is 0 Å². The van der Waals surface area contributed by atoms with E-state index >= 15 is 0 Å². The maximum Gasteiger partial charge on any atom is 0.0812 e. The zero-order valence-corrected chi connectivity index (χ0v) is 20.2. The maximum absolute atomic E-state index is 10.4. The number of aliphatic hydroxyl groups excluding tert-OH is 1. The van der Waals surface area contributed by atoms with Crippen LogP contribution in [0.3, 0.4) is 0 Å². The summed E-state index contributed by atoms with van der Waals surface area (Å²) in [6, 6.07) is 0. The third-order valence-corrected chi connectivity index (χ3v) is 8.85. The highest BCUT2D eigenvalue weighted by Crippen LogP contribution is 2.60. The van der Waals surface area contributed by atoms with E-state index < -0.39 is 5.60 Å². The van der Waals surface area contributed by atoms with E-state index in [1.54, 1.807) is 5.57 Å². The molecule has 0 amide bonds. The molecule has 170 valence electrons. The van der Waals surface area contributed by atoms with Crippen molar-refractivity contribution < 1.29 is 10.2 Å². The van der Waals surface area contributed by atoms with Crippen LogP contribution in [0, 0.1) is 29.1 Å². The number of rotatable bonds is 6. The fourth-order valence-corrected chi connectivity index (χ4v) is 6.91. The van der Waals surface area contributed by atoms with Crippen molar-refractivity contribution >= 4 is 0 Å². The summed E-state index contributed by atoms with van der Waals surface area (Å²) >= 11 is 0. The molecule has 30 heavy (non-hydrogen) atoms. The Bertz CT molecular complexity index is 679. The molecule has 0 saturated heterocycles. The average molecular weight is 415 g/mol. The Balaban J connectivity index is 1.69. The van der Waals surface area contributed by atoms with Crippen LogP contribution in [0.5, 0.6) is 0 Å². The van der Waals surface area contributed by atoms with Crippen molar-refractivity contribution in [3.05, 3.63) is 35.5 Å². The molecular formula is C28H46O2. The highest BCUT2D eigenvalue weighted by molar-refractivity contribution is 5.38. The third-order valence-electron chi connectivity index (χ3n) is 8.85. The monoisotopic (exact) mass is 414 g/mol. The second-order valence-electron chi connectivity index (χ2n) is 11.7. The lowest BCUT2D eigenvalue weighted by molar-refractivity contribution is 0.0596. The van der Waals surface area contributed by atoms with Gasteiger partial charge >= 0.3 is 0 Å². The lowest BCUT2D eigenvalue weighted by Crippen LogP contribution is -2.36. The van der Waals surface area contributed by atoms with Crippen LogP contribution in [0.25, 0.3) is 0 Å². The fraction of sp³-hybridized carbons (Fsp3) is 0.786. The van der Waals surface area contributed by atoms with Crippen LogP contribution in [0.1, 0.15) is 98.8 Å². The predicted octanol–water partition coefficient (Wildman–Crippen LogP) is 6.98. The molecule has 2 heteroatoms. The molecule has 0 aromatic carbocycles. The molecule has 3 fully saturated rings. The molecule has 0 aliphatic heterocycles. The van der Waals surface area contributed by atoms with Gasteiger partial charge in [-0.05, 0) is 105 Å². The highest BCUT2D eigenvalue weighted by Gasteiger charge is 2.50. The standard InChI is InChI=1S/C28H46O2/c1-19(9-7-17-27(4,5)30)24-15-16-25-23(10-8-18-28(24,25)6)14-13-22-12-11-20(2)26(29)21(22)3/h13-14,19-20,24-26,29-30H,3,7-12,15-18H2,1-2,4-6H3/b22-13-,23-14+/t19?,20-,24?,25?,26?,28?/m1/s1. The van der Waals surface area contributed by atoms with Gasteiger partial charge in [0.2, 0.25) is 0 Å². The van der Waals surface area contributed by atoms with E-state index in [1.807, 2.05) is 13.8 Å². The molecule has 3 rings (SSSR count). The first-order chi connectivity index (χ1) is 14.0. The molecule has 0 bridgehead atoms. The Morgan fingerprint density at radius 1 is 1.20 bits per heavy atom. The fourth-order valence-electron chi connectivity index (χ4n) is 6.91. The second kappa shape index (κ2) is 9.33. The smallest absolute Gasteiger partial charge is 0.0812 e. The van der Waals surface area contributed by atoms with Gasteiger partial charge < -0.3 is 10.2 Å². The third kappa shape index (κ3) is 5.13. The van der Waals surface area contributed by atoms with Gasteiger partial charge in [-0.3, -0.25) is 0 Å². The van der Waals surface area contributed by atoms with Gasteiger partial charge in [-0.15, -0.1) is 0 Å². The number of allylic oxidation sites excluding steroid dienone is 3. The van der Waals surface area contributed by atoms with Crippen LogP contribution in [0.2, 0.25) is 0 Å². The molecule has 5 unspecified atom stereocenters. The van der Waals surface area contributed by atoms with E-state index in [0.717, 1.165) is 43.1 Å². The number of hydrogen-bond acceptors (Lipinski definition) is 2. The van der Waals surface area contributed by atoms with Crippen molar-refractivity contribution in [2.75, 3.05) is 0 Å². The minimum Gasteiger partial charge on any atom is -0.390 e. The molecular weight excluding hydrogens is 368 g/mol. The van der Waals surface area contributed by atoms with Gasteiger partial charge in [-0.2, -0.15) is 0 Å². The molecule has 0 aromatic rings. The zero-order chi connectivity index (χ0) is 22.1. The molecule has 2 N–H and O–H groups in total. The number of fused-ring (bicyclic) bond motifs is 1. The van der Waals surface area contributed by atoms with Crippen LogP contribution in [-0.2, 0) is 0 Å². The summed E-state index contributed by atoms with van der Waals surface area (Å²) in [5.41, 5.74) is 3.73. The van der Waals surface area contributed by atoms with Crippen molar-refractivity contribution in [3.8, 4) is 0 Å². The number of hydrogen-bond donors (Lipinski definition) is 2. The van der Waals surface area contributed by atoms with E-state index in [1.165, 1.54) is 44.1 Å². The Hall–Kier alpha value is -0.860. The molecule has 0 heterocycles. The molecule has 3 saturated carbocycles. The topological polar surface area (TPSA) is 40.5 Å². The van der Waals surface area contributed by atoms with Gasteiger partial charge in [-0.1, -0.05) is 57.9 Å². The van der Waals surface area contributed by atoms with Crippen LogP contribution < -0.4 is 0 Å². The van der Waals surface area contributed by atoms with Crippen LogP contribution >= 0.6 is 0 Å². The molecule has 0 radical (unpaired) electrons. The van der Waals surface area contributed by atoms with Crippen LogP contribution in [0.4, 0.5) is 0 Å². The Labute approximate surface area is 185 Å². The molecule has 0 spiro atoms. The Kier molecular flexibility index (Phi) is 7.40. The van der Waals surface area contributed by atoms with Crippen molar-refractivity contribution in [2.45, 2.75) is 111 Å². The van der Waals surface area contributed by atoms with E-state index in [-0.39, 0.29) is 6.10 Å². The van der Waals surface area contributed by atoms with Gasteiger partial charge in [0.05, 0.1) is 11.7 Å². The summed E-state index contributed by atoms with van der Waals surface area (Å²) in [5.74, 6) is 2.57. The summed E-state index contributed by atoms with van der Waals surface area (Å²) < 4.78 is 0. The first-order valence-electron chi connectivity index (χ1n) is 12.5. The van der Waals surface area contributed by atoms with E-state index in [9.17, 15) is 10.2 Å². The summed E-state index contributed by atoms with van der Waals surface area (Å²) in [6.45, 7) is 15.2. The van der Waals surface area contributed by atoms with Crippen molar-refractivity contribution in [3.63, 3.8) is 0 Å². The lowest BCUT2D eigenvalue weighted by atomic mass is 9.60. The zero-order valence-electron chi connectivity index (χ0n) is 20.2. The van der Waals surface area contributed by atoms with Crippen molar-refractivity contribution in [1.29, 1.82) is 0 Å². The SMILES string of the molecule is C=C1/C(=C\C=C2/CCCC3(C)C2CCC3C(C)CCCC(C)(C)O)CC[C@@H](C)C1O. The van der Waals surface area contributed by atoms with Crippen molar-refractivity contribution in [2.24, 2.45) is 29.1 Å². The lowest BCUT2D eigenvalue weighted by Gasteiger charge is -2.44. The second-order valence-corrected chi connectivity index (χ2v) is 11.7. The average Bonchev–Trinajstić information content (AvgIpc) is 3.02. The van der Waals surface area contributed by atoms with Gasteiger partial charge in [0.25, 0.3) is 0 Å². The minimum atomic E-state index is -0.537. The predicted molar refractivity (Wildman–Crippen MR) is 127 cm³/mol. The summed E-state index contributed by atoms with van der Waals surface area (Å²) in [5, 5.41) is 20.4. The molecule has 3 aliphatic carbocycles. The quantitative estimate of drug-likeness (QED) is 0.492. The van der Waals surface area contributed by atoms with Gasteiger partial charge in [0.1, 0.15) is 0 Å². The Morgan fingerprint density at radius 3 is 2.63 bits per heavy atom. The van der Waals surface area contributed by atoms with E-state index in [2.05, 4.69) is 39.5 Å². The summed E-state index contributed by atoms with van der Waals surface area (Å²) in [4.78, 5) is 0. The van der Waals surface area contributed by atoms with E-state index in [4.69, 9.17) is 0 Å². The first kappa shape index (κ1) is 23.8. The van der Waals surface area contributed by atoms with E-state index in [0.29, 0.717) is 17.3 Å². The van der Waals surface area contributed by atoms with Crippen LogP contribution in [0.15, 0.2) is 35.5 Å². The molecule has 6 atom stereocenters. The Morgan fingerprint density at radius 2 is 1.93 bits per heavy atom. The van der Waals surface area contributed by atoms with Crippen LogP contribution in [-0.4, -0.2) is 21.9 Å². The normalized spacial score (nSPS) is 38.8. The van der Waals surface area contributed by atoms with Gasteiger partial charge in [-0.25, -0.2) is 0 Å². The summed E-state index contributed by atoms with van der Waals surface area (Å²) in [7, 11) is 0. The number of aliphatic hydroxyl groups is 2.